The summed E-state index contributed by atoms with van der Waals surface area (Å²) in [7, 11) is -1.40. The molecule has 0 amide bonds. The van der Waals surface area contributed by atoms with Gasteiger partial charge in [-0.2, -0.15) is 0 Å². The third-order valence-corrected chi connectivity index (χ3v) is 14.5. The van der Waals surface area contributed by atoms with Crippen molar-refractivity contribution in [2.75, 3.05) is 0 Å². The van der Waals surface area contributed by atoms with Gasteiger partial charge in [-0.3, -0.25) is 9.13 Å². The van der Waals surface area contributed by atoms with Crippen LogP contribution in [0.15, 0.2) is 174 Å². The maximum Gasteiger partial charge on any atom is 0.488 e. The smallest absolute Gasteiger partial charge is 0.483 e. The summed E-state index contributed by atoms with van der Waals surface area (Å²) in [6.07, 6.45) is 0. The minimum atomic E-state index is -1.40. The van der Waals surface area contributed by atoms with Crippen molar-refractivity contribution in [3.05, 3.63) is 186 Å². The van der Waals surface area contributed by atoms with Gasteiger partial charge in [0.25, 0.3) is 0 Å². The van der Waals surface area contributed by atoms with Gasteiger partial charge in [0, 0.05) is 39.4 Å². The number of halogens is 1. The summed E-state index contributed by atoms with van der Waals surface area (Å²) in [4.78, 5) is 9.37. The Bertz CT molecular complexity index is 3780. The zero-order chi connectivity index (χ0) is 42.9. The molecule has 308 valence electrons. The highest BCUT2D eigenvalue weighted by Crippen LogP contribution is 2.40. The molecule has 8 nitrogen and oxygen atoms in total. The van der Waals surface area contributed by atoms with Crippen LogP contribution in [0.2, 0.25) is 0 Å². The summed E-state index contributed by atoms with van der Waals surface area (Å²) in [6.45, 7) is 1.01. The third-order valence-electron chi connectivity index (χ3n) is 11.7. The van der Waals surface area contributed by atoms with Gasteiger partial charge in [-0.25, -0.2) is 9.97 Å². The van der Waals surface area contributed by atoms with E-state index in [0.29, 0.717) is 18.7 Å². The summed E-state index contributed by atoms with van der Waals surface area (Å²) >= 11 is 7.07. The highest BCUT2D eigenvalue weighted by atomic mass is 79.9. The predicted octanol–water partition coefficient (Wildman–Crippen LogP) is 12.4. The molecule has 12 aromatic rings. The van der Waals surface area contributed by atoms with Crippen LogP contribution in [-0.4, -0.2) is 36.3 Å². The summed E-state index contributed by atoms with van der Waals surface area (Å²) in [6, 6.07) is 58.0. The Morgan fingerprint density at radius 3 is 1.59 bits per heavy atom. The van der Waals surface area contributed by atoms with Gasteiger partial charge in [0.05, 0.1) is 33.4 Å². The average molecular weight is 934 g/mol. The first-order valence-electron chi connectivity index (χ1n) is 20.8. The van der Waals surface area contributed by atoms with Crippen LogP contribution in [0.5, 0.6) is 11.5 Å². The van der Waals surface area contributed by atoms with Crippen LogP contribution in [0, 0.1) is 0 Å². The number of fused-ring (bicyclic) bond motifs is 16. The molecule has 0 saturated carbocycles. The highest BCUT2D eigenvalue weighted by molar-refractivity contribution is 9.10. The topological polar surface area (TPSA) is 94.6 Å². The molecular formula is C52H34BBrN4O4S2. The monoisotopic (exact) mass is 932 g/mol. The maximum absolute atomic E-state index is 9.15. The van der Waals surface area contributed by atoms with E-state index in [9.17, 15) is 0 Å². The molecule has 64 heavy (non-hydrogen) atoms. The van der Waals surface area contributed by atoms with E-state index in [1.165, 1.54) is 46.1 Å². The first-order valence-corrected chi connectivity index (χ1v) is 23.2. The number of thiophene rings is 2. The van der Waals surface area contributed by atoms with Crippen molar-refractivity contribution >= 4 is 114 Å². The SMILES string of the molecule is Brc1ccc2c(c1)-n1c(nc3ccccc31)CO2.OB(O)c1ccc2sc3ccccc3c2c1.c1ccc2c(c1)nc1n2-c2cc(-c3ccc4sc5ccccc5c4c3)ccc2OC1. The number of hydrogen-bond acceptors (Lipinski definition) is 8. The zero-order valence-electron chi connectivity index (χ0n) is 33.9. The number of benzene rings is 8. The number of ether oxygens (including phenoxy) is 2. The van der Waals surface area contributed by atoms with Crippen molar-refractivity contribution in [1.82, 2.24) is 19.1 Å². The molecule has 14 rings (SSSR count). The second-order valence-electron chi connectivity index (χ2n) is 15.6. The standard InChI is InChI=1S/C26H16N2OS.C14H9BrN2O.C12H9BO2S/c1-4-8-24-18(5-1)19-13-16(10-12-25(19)30-24)17-9-11-23-22(14-17)28-21-7-3-2-6-20(21)27-26(28)15-29-23;15-9-5-6-13-12(7-9)17-11-4-2-1-3-10(11)16-14(17)8-18-13;14-13(15)8-5-6-12-10(7-8)9-3-1-2-4-11(9)16-12/h1-14H,15H2;1-7H,8H2;1-7,14-15H. The van der Waals surface area contributed by atoms with Gasteiger partial charge in [0.1, 0.15) is 24.7 Å². The molecule has 0 spiro atoms. The molecule has 4 aromatic heterocycles. The van der Waals surface area contributed by atoms with Crippen LogP contribution in [0.3, 0.4) is 0 Å². The van der Waals surface area contributed by atoms with E-state index in [1.54, 1.807) is 17.4 Å². The van der Waals surface area contributed by atoms with Crippen molar-refractivity contribution in [1.29, 1.82) is 0 Å². The Hall–Kier alpha value is -6.80. The van der Waals surface area contributed by atoms with E-state index in [-0.39, 0.29) is 0 Å². The van der Waals surface area contributed by atoms with Gasteiger partial charge in [0.15, 0.2) is 11.6 Å². The quantitative estimate of drug-likeness (QED) is 0.168. The largest absolute Gasteiger partial charge is 0.488 e. The molecule has 2 aliphatic rings. The van der Waals surface area contributed by atoms with Gasteiger partial charge >= 0.3 is 7.12 Å². The normalized spacial score (nSPS) is 12.4. The third kappa shape index (κ3) is 6.73. The number of para-hydroxylation sites is 4. The molecule has 0 radical (unpaired) electrons. The average Bonchev–Trinajstić information content (AvgIpc) is 4.11. The van der Waals surface area contributed by atoms with E-state index in [2.05, 4.69) is 133 Å². The lowest BCUT2D eigenvalue weighted by atomic mass is 9.80. The van der Waals surface area contributed by atoms with E-state index in [1.807, 2.05) is 72.0 Å². The highest BCUT2D eigenvalue weighted by Gasteiger charge is 2.23. The molecule has 8 aromatic carbocycles. The summed E-state index contributed by atoms with van der Waals surface area (Å²) in [5.74, 6) is 3.69. The number of hydrogen-bond donors (Lipinski definition) is 2. The van der Waals surface area contributed by atoms with Gasteiger partial charge in [0.2, 0.25) is 0 Å². The molecule has 0 saturated heterocycles. The Balaban J connectivity index is 0.000000109. The summed E-state index contributed by atoms with van der Waals surface area (Å²) < 4.78 is 22.2. The van der Waals surface area contributed by atoms with E-state index < -0.39 is 7.12 Å². The first-order chi connectivity index (χ1) is 31.4. The van der Waals surface area contributed by atoms with Gasteiger partial charge in [-0.05, 0) is 107 Å². The molecule has 6 heterocycles. The fourth-order valence-electron chi connectivity index (χ4n) is 8.76. The molecule has 2 N–H and O–H groups in total. The molecule has 2 aliphatic heterocycles. The Morgan fingerprint density at radius 2 is 0.969 bits per heavy atom. The van der Waals surface area contributed by atoms with Crippen molar-refractivity contribution in [2.24, 2.45) is 0 Å². The van der Waals surface area contributed by atoms with Crippen molar-refractivity contribution in [3.63, 3.8) is 0 Å². The minimum absolute atomic E-state index is 0.494. The number of rotatable bonds is 2. The molecule has 0 unspecified atom stereocenters. The van der Waals surface area contributed by atoms with Crippen molar-refractivity contribution in [3.8, 4) is 34.0 Å². The molecular weight excluding hydrogens is 899 g/mol. The van der Waals surface area contributed by atoms with Crippen LogP contribution in [0.25, 0.3) is 84.9 Å². The Morgan fingerprint density at radius 1 is 0.484 bits per heavy atom. The molecule has 0 fully saturated rings. The van der Waals surface area contributed by atoms with Crippen LogP contribution in [-0.2, 0) is 13.2 Å². The van der Waals surface area contributed by atoms with Gasteiger partial charge < -0.3 is 19.5 Å². The predicted molar refractivity (Wildman–Crippen MR) is 266 cm³/mol. The maximum atomic E-state index is 9.15. The lowest BCUT2D eigenvalue weighted by Gasteiger charge is -2.21. The second kappa shape index (κ2) is 15.8. The number of nitrogens with zero attached hydrogens (tertiary/aromatic N) is 4. The first kappa shape index (κ1) is 38.8. The van der Waals surface area contributed by atoms with Crippen LogP contribution in [0.1, 0.15) is 11.6 Å². The molecule has 12 heteroatoms. The van der Waals surface area contributed by atoms with Crippen molar-refractivity contribution in [2.45, 2.75) is 13.2 Å². The van der Waals surface area contributed by atoms with Crippen LogP contribution >= 0.6 is 38.6 Å². The zero-order valence-corrected chi connectivity index (χ0v) is 37.1. The molecule has 0 atom stereocenters. The van der Waals surface area contributed by atoms with E-state index in [0.717, 1.165) is 66.4 Å². The summed E-state index contributed by atoms with van der Waals surface area (Å²) in [5, 5.41) is 23.2. The van der Waals surface area contributed by atoms with Crippen LogP contribution < -0.4 is 14.9 Å². The van der Waals surface area contributed by atoms with E-state index in [4.69, 9.17) is 24.5 Å². The number of aromatic nitrogens is 4. The van der Waals surface area contributed by atoms with Crippen molar-refractivity contribution < 1.29 is 19.5 Å². The Labute approximate surface area is 383 Å². The minimum Gasteiger partial charge on any atom is -0.483 e. The fourth-order valence-corrected chi connectivity index (χ4v) is 11.3. The van der Waals surface area contributed by atoms with Gasteiger partial charge in [-0.1, -0.05) is 101 Å². The fraction of sp³-hybridized carbons (Fsp3) is 0.0385. The van der Waals surface area contributed by atoms with E-state index >= 15 is 0 Å². The molecule has 0 aliphatic carbocycles. The molecule has 0 bridgehead atoms. The number of imidazole rings is 2. The lowest BCUT2D eigenvalue weighted by Crippen LogP contribution is -2.29. The second-order valence-corrected chi connectivity index (χ2v) is 18.7. The van der Waals surface area contributed by atoms with Crippen LogP contribution in [0.4, 0.5) is 0 Å². The summed E-state index contributed by atoms with van der Waals surface area (Å²) in [5.41, 5.74) is 9.27. The Kier molecular flexibility index (Phi) is 9.57. The van der Waals surface area contributed by atoms with Gasteiger partial charge in [-0.15, -0.1) is 22.7 Å². The lowest BCUT2D eigenvalue weighted by molar-refractivity contribution is 0.280.